The van der Waals surface area contributed by atoms with Crippen LogP contribution < -0.4 is 0 Å². The fourth-order valence-corrected chi connectivity index (χ4v) is 3.75. The van der Waals surface area contributed by atoms with Crippen LogP contribution in [0.3, 0.4) is 0 Å². The van der Waals surface area contributed by atoms with Gasteiger partial charge in [-0.25, -0.2) is 15.0 Å². The number of nitrogens with zero attached hydrogens (tertiary/aromatic N) is 5. The summed E-state index contributed by atoms with van der Waals surface area (Å²) < 4.78 is 5.74. The minimum absolute atomic E-state index is 0.0697. The van der Waals surface area contributed by atoms with Crippen molar-refractivity contribution in [3.63, 3.8) is 0 Å². The average molecular weight is 370 g/mol. The fraction of sp³-hybridized carbons (Fsp3) is 0.353. The zero-order valence-corrected chi connectivity index (χ0v) is 14.9. The van der Waals surface area contributed by atoms with Crippen molar-refractivity contribution in [2.75, 3.05) is 13.1 Å². The number of hydrogen-bond acceptors (Lipinski definition) is 7. The van der Waals surface area contributed by atoms with Gasteiger partial charge in [-0.2, -0.15) is 5.10 Å². The Kier molecular flexibility index (Phi) is 4.96. The predicted molar refractivity (Wildman–Crippen MR) is 94.6 cm³/mol. The number of aromatic amines is 1. The van der Waals surface area contributed by atoms with Crippen LogP contribution in [0.2, 0.25) is 0 Å². The maximum Gasteiger partial charge on any atom is 0.289 e. The van der Waals surface area contributed by atoms with Gasteiger partial charge in [-0.15, -0.1) is 0 Å². The lowest BCUT2D eigenvalue weighted by Gasteiger charge is -2.31. The molecule has 1 aliphatic heterocycles. The number of rotatable bonds is 5. The highest BCUT2D eigenvalue weighted by Crippen LogP contribution is 2.27. The number of furan rings is 1. The Balaban J connectivity index is 1.39. The molecule has 9 heteroatoms. The highest BCUT2D eigenvalue weighted by Gasteiger charge is 2.27. The Morgan fingerprint density at radius 3 is 3.08 bits per heavy atom. The number of amides is 1. The van der Waals surface area contributed by atoms with E-state index in [1.54, 1.807) is 18.6 Å². The lowest BCUT2D eigenvalue weighted by Crippen LogP contribution is -2.39. The number of aromatic nitrogens is 5. The maximum absolute atomic E-state index is 12.8. The fourth-order valence-electron chi connectivity index (χ4n) is 3.07. The van der Waals surface area contributed by atoms with Crippen LogP contribution in [-0.2, 0) is 5.75 Å². The summed E-state index contributed by atoms with van der Waals surface area (Å²) >= 11 is 1.48. The minimum atomic E-state index is -0.0697. The third-order valence-corrected chi connectivity index (χ3v) is 5.25. The number of carbonyl (C=O) groups excluding carboxylic acids is 1. The monoisotopic (exact) mass is 370 g/mol. The third kappa shape index (κ3) is 3.77. The molecule has 8 nitrogen and oxygen atoms in total. The van der Waals surface area contributed by atoms with E-state index < -0.39 is 0 Å². The summed E-state index contributed by atoms with van der Waals surface area (Å²) in [6.45, 7) is 1.39. The SMILES string of the molecule is O=C(c1ccc(CSc2ncn[nH]2)o1)N1CCC[C@H](c2ccncn2)C1. The van der Waals surface area contributed by atoms with Crippen LogP contribution >= 0.6 is 11.8 Å². The van der Waals surface area contributed by atoms with E-state index in [9.17, 15) is 4.79 Å². The van der Waals surface area contributed by atoms with Gasteiger partial charge in [0.05, 0.1) is 5.75 Å². The van der Waals surface area contributed by atoms with Gasteiger partial charge >= 0.3 is 0 Å². The summed E-state index contributed by atoms with van der Waals surface area (Å²) in [7, 11) is 0. The molecule has 0 saturated carbocycles. The van der Waals surface area contributed by atoms with Crippen LogP contribution in [0.4, 0.5) is 0 Å². The lowest BCUT2D eigenvalue weighted by atomic mass is 9.94. The number of carbonyl (C=O) groups is 1. The molecule has 1 aliphatic rings. The van der Waals surface area contributed by atoms with Crippen LogP contribution in [0, 0.1) is 0 Å². The molecule has 4 rings (SSSR count). The van der Waals surface area contributed by atoms with Gasteiger partial charge < -0.3 is 9.32 Å². The summed E-state index contributed by atoms with van der Waals surface area (Å²) in [4.78, 5) is 27.0. The minimum Gasteiger partial charge on any atom is -0.455 e. The molecule has 1 atom stereocenters. The van der Waals surface area contributed by atoms with E-state index in [2.05, 4.69) is 25.1 Å². The van der Waals surface area contributed by atoms with E-state index in [0.29, 0.717) is 18.1 Å². The first kappa shape index (κ1) is 16.8. The summed E-state index contributed by atoms with van der Waals surface area (Å²) in [5.74, 6) is 1.87. The first-order chi connectivity index (χ1) is 12.8. The number of hydrogen-bond donors (Lipinski definition) is 1. The van der Waals surface area contributed by atoms with Gasteiger partial charge in [-0.1, -0.05) is 11.8 Å². The summed E-state index contributed by atoms with van der Waals surface area (Å²) in [6.07, 6.45) is 6.74. The van der Waals surface area contributed by atoms with Crippen molar-refractivity contribution in [3.8, 4) is 0 Å². The Hall–Kier alpha value is -2.68. The lowest BCUT2D eigenvalue weighted by molar-refractivity contribution is 0.0672. The van der Waals surface area contributed by atoms with Crippen LogP contribution in [0.1, 0.15) is 40.8 Å². The molecule has 0 aliphatic carbocycles. The van der Waals surface area contributed by atoms with Crippen molar-refractivity contribution in [1.29, 1.82) is 0 Å². The number of H-pyrrole nitrogens is 1. The van der Waals surface area contributed by atoms with Crippen molar-refractivity contribution in [1.82, 2.24) is 30.0 Å². The van der Waals surface area contributed by atoms with Crippen molar-refractivity contribution >= 4 is 17.7 Å². The zero-order chi connectivity index (χ0) is 17.8. The number of nitrogens with one attached hydrogen (secondary N) is 1. The van der Waals surface area contributed by atoms with Crippen molar-refractivity contribution in [2.45, 2.75) is 29.7 Å². The van der Waals surface area contributed by atoms with E-state index in [1.807, 2.05) is 17.0 Å². The molecule has 1 amide bonds. The highest BCUT2D eigenvalue weighted by molar-refractivity contribution is 7.98. The van der Waals surface area contributed by atoms with Crippen molar-refractivity contribution < 1.29 is 9.21 Å². The van der Waals surface area contributed by atoms with E-state index in [1.165, 1.54) is 18.1 Å². The second kappa shape index (κ2) is 7.69. The molecule has 26 heavy (non-hydrogen) atoms. The predicted octanol–water partition coefficient (Wildman–Crippen LogP) is 2.50. The van der Waals surface area contributed by atoms with Gasteiger partial charge in [0.15, 0.2) is 10.9 Å². The number of piperidine rings is 1. The Bertz CT molecular complexity index is 851. The number of thioether (sulfide) groups is 1. The molecular formula is C17H18N6O2S. The molecule has 134 valence electrons. The highest BCUT2D eigenvalue weighted by atomic mass is 32.2. The molecule has 0 spiro atoms. The molecule has 1 fully saturated rings. The molecule has 0 radical (unpaired) electrons. The van der Waals surface area contributed by atoms with Crippen molar-refractivity contribution in [2.24, 2.45) is 0 Å². The largest absolute Gasteiger partial charge is 0.455 e. The normalized spacial score (nSPS) is 17.4. The van der Waals surface area contributed by atoms with Crippen LogP contribution in [0.25, 0.3) is 0 Å². The van der Waals surface area contributed by atoms with Gasteiger partial charge in [0, 0.05) is 30.9 Å². The summed E-state index contributed by atoms with van der Waals surface area (Å²) in [5, 5.41) is 7.31. The van der Waals surface area contributed by atoms with Gasteiger partial charge in [0.25, 0.3) is 5.91 Å². The molecule has 0 unspecified atom stereocenters. The smallest absolute Gasteiger partial charge is 0.289 e. The van der Waals surface area contributed by atoms with Gasteiger partial charge in [0.1, 0.15) is 18.4 Å². The molecule has 0 aromatic carbocycles. The van der Waals surface area contributed by atoms with Crippen molar-refractivity contribution in [3.05, 3.63) is 54.3 Å². The first-order valence-corrected chi connectivity index (χ1v) is 9.40. The van der Waals surface area contributed by atoms with Crippen LogP contribution in [-0.4, -0.2) is 49.0 Å². The van der Waals surface area contributed by atoms with E-state index in [-0.39, 0.29) is 11.8 Å². The summed E-state index contributed by atoms with van der Waals surface area (Å²) in [6, 6.07) is 5.50. The summed E-state index contributed by atoms with van der Waals surface area (Å²) in [5.41, 5.74) is 0.987. The van der Waals surface area contributed by atoms with E-state index in [4.69, 9.17) is 4.42 Å². The topological polar surface area (TPSA) is 101 Å². The average Bonchev–Trinajstić information content (AvgIpc) is 3.38. The molecule has 3 aromatic rings. The van der Waals surface area contributed by atoms with Gasteiger partial charge in [-0.05, 0) is 31.0 Å². The van der Waals surface area contributed by atoms with Gasteiger partial charge in [0.2, 0.25) is 0 Å². The Labute approximate surface area is 154 Å². The molecule has 1 N–H and O–H groups in total. The number of likely N-dealkylation sites (tertiary alicyclic amines) is 1. The Morgan fingerprint density at radius 1 is 1.31 bits per heavy atom. The van der Waals surface area contributed by atoms with Crippen LogP contribution in [0.15, 0.2) is 46.6 Å². The molecule has 0 bridgehead atoms. The first-order valence-electron chi connectivity index (χ1n) is 8.41. The van der Waals surface area contributed by atoms with Gasteiger partial charge in [-0.3, -0.25) is 9.89 Å². The zero-order valence-electron chi connectivity index (χ0n) is 14.0. The second-order valence-corrected chi connectivity index (χ2v) is 7.03. The quantitative estimate of drug-likeness (QED) is 0.689. The van der Waals surface area contributed by atoms with Crippen LogP contribution in [0.5, 0.6) is 0 Å². The standard InChI is InChI=1S/C17H18N6O2S/c24-16(15-4-3-13(25-15)9-26-17-20-11-21-22-17)23-7-1-2-12(8-23)14-5-6-18-10-19-14/h3-6,10-12H,1-2,7-9H2,(H,20,21,22)/t12-/m0/s1. The Morgan fingerprint density at radius 2 is 2.27 bits per heavy atom. The third-order valence-electron chi connectivity index (χ3n) is 4.35. The molecule has 3 aromatic heterocycles. The molecular weight excluding hydrogens is 352 g/mol. The molecule has 4 heterocycles. The molecule has 1 saturated heterocycles. The second-order valence-electron chi connectivity index (χ2n) is 6.07. The van der Waals surface area contributed by atoms with E-state index in [0.717, 1.165) is 36.0 Å². The van der Waals surface area contributed by atoms with E-state index >= 15 is 0 Å². The maximum atomic E-state index is 12.8.